The number of aromatic amines is 1. The van der Waals surface area contributed by atoms with Gasteiger partial charge in [-0.25, -0.2) is 4.98 Å². The highest BCUT2D eigenvalue weighted by atomic mass is 16.5. The summed E-state index contributed by atoms with van der Waals surface area (Å²) in [7, 11) is 1.52. The molecule has 5 heteroatoms. The first-order valence-electron chi connectivity index (χ1n) is 3.71. The van der Waals surface area contributed by atoms with Crippen molar-refractivity contribution >= 4 is 0 Å². The van der Waals surface area contributed by atoms with Gasteiger partial charge in [0.2, 0.25) is 0 Å². The van der Waals surface area contributed by atoms with Crippen molar-refractivity contribution in [2.75, 3.05) is 7.11 Å². The van der Waals surface area contributed by atoms with Crippen molar-refractivity contribution in [1.82, 2.24) is 9.97 Å². The zero-order valence-corrected chi connectivity index (χ0v) is 7.37. The third-order valence-corrected chi connectivity index (χ3v) is 1.68. The summed E-state index contributed by atoms with van der Waals surface area (Å²) in [5.74, 6) is 0.423. The molecule has 0 radical (unpaired) electrons. The van der Waals surface area contributed by atoms with Crippen molar-refractivity contribution in [2.24, 2.45) is 0 Å². The lowest BCUT2D eigenvalue weighted by Crippen LogP contribution is -2.16. The van der Waals surface area contributed by atoms with Gasteiger partial charge in [-0.2, -0.15) is 5.26 Å². The molecule has 1 rings (SSSR count). The van der Waals surface area contributed by atoms with Gasteiger partial charge in [0.15, 0.2) is 0 Å². The van der Waals surface area contributed by atoms with Gasteiger partial charge in [0.1, 0.15) is 23.6 Å². The summed E-state index contributed by atoms with van der Waals surface area (Å²) >= 11 is 0. The molecular formula is C8H9N3O2. The summed E-state index contributed by atoms with van der Waals surface area (Å²) in [4.78, 5) is 17.5. The number of nitrogens with one attached hydrogen (secondary N) is 1. The van der Waals surface area contributed by atoms with E-state index in [1.54, 1.807) is 13.0 Å². The molecule has 13 heavy (non-hydrogen) atoms. The molecule has 1 atom stereocenters. The van der Waals surface area contributed by atoms with Gasteiger partial charge in [-0.15, -0.1) is 0 Å². The van der Waals surface area contributed by atoms with Crippen LogP contribution in [0.2, 0.25) is 0 Å². The Morgan fingerprint density at radius 1 is 1.77 bits per heavy atom. The van der Waals surface area contributed by atoms with Crippen LogP contribution >= 0.6 is 0 Å². The minimum atomic E-state index is -0.434. The number of ether oxygens (including phenoxy) is 1. The SMILES string of the molecule is COC(C)c1ncc(C#N)c(=O)[nH]1. The fraction of sp³-hybridized carbons (Fsp3) is 0.375. The summed E-state index contributed by atoms with van der Waals surface area (Å²) in [5, 5.41) is 8.46. The van der Waals surface area contributed by atoms with Crippen LogP contribution in [0.3, 0.4) is 0 Å². The molecular weight excluding hydrogens is 170 g/mol. The van der Waals surface area contributed by atoms with Crippen molar-refractivity contribution < 1.29 is 4.74 Å². The Bertz CT molecular complexity index is 391. The molecule has 0 spiro atoms. The minimum Gasteiger partial charge on any atom is -0.374 e. The van der Waals surface area contributed by atoms with E-state index in [1.807, 2.05) is 0 Å². The third kappa shape index (κ3) is 1.92. The van der Waals surface area contributed by atoms with E-state index < -0.39 is 5.56 Å². The first-order chi connectivity index (χ1) is 6.19. The molecule has 1 heterocycles. The maximum absolute atomic E-state index is 11.1. The average molecular weight is 179 g/mol. The Labute approximate surface area is 75.0 Å². The monoisotopic (exact) mass is 179 g/mol. The average Bonchev–Trinajstić information content (AvgIpc) is 2.16. The summed E-state index contributed by atoms with van der Waals surface area (Å²) < 4.78 is 4.95. The van der Waals surface area contributed by atoms with Crippen LogP contribution in [-0.2, 0) is 4.74 Å². The number of hydrogen-bond acceptors (Lipinski definition) is 4. The lowest BCUT2D eigenvalue weighted by Gasteiger charge is -2.06. The summed E-state index contributed by atoms with van der Waals surface area (Å²) in [6, 6.07) is 1.73. The molecule has 68 valence electrons. The highest BCUT2D eigenvalue weighted by Gasteiger charge is 2.07. The molecule has 0 aliphatic rings. The molecule has 0 amide bonds. The molecule has 0 aromatic carbocycles. The molecule has 0 fully saturated rings. The maximum Gasteiger partial charge on any atom is 0.268 e. The number of methoxy groups -OCH3 is 1. The smallest absolute Gasteiger partial charge is 0.268 e. The molecule has 0 saturated carbocycles. The standard InChI is InChI=1S/C8H9N3O2/c1-5(13-2)7-10-4-6(3-9)8(12)11-7/h4-5H,1-2H3,(H,10,11,12). The quantitative estimate of drug-likeness (QED) is 0.710. The van der Waals surface area contributed by atoms with E-state index in [0.29, 0.717) is 5.82 Å². The Morgan fingerprint density at radius 3 is 2.92 bits per heavy atom. The van der Waals surface area contributed by atoms with E-state index in [4.69, 9.17) is 10.00 Å². The topological polar surface area (TPSA) is 78.8 Å². The van der Waals surface area contributed by atoms with E-state index in [-0.39, 0.29) is 11.7 Å². The van der Waals surface area contributed by atoms with E-state index in [0.717, 1.165) is 0 Å². The predicted molar refractivity (Wildman–Crippen MR) is 45.0 cm³/mol. The van der Waals surface area contributed by atoms with Gasteiger partial charge in [-0.05, 0) is 6.92 Å². The summed E-state index contributed by atoms with van der Waals surface area (Å²) in [6.07, 6.45) is 0.962. The molecule has 1 aromatic heterocycles. The van der Waals surface area contributed by atoms with Gasteiger partial charge < -0.3 is 9.72 Å². The zero-order valence-electron chi connectivity index (χ0n) is 7.37. The Hall–Kier alpha value is -1.67. The van der Waals surface area contributed by atoms with E-state index in [2.05, 4.69) is 9.97 Å². The number of H-pyrrole nitrogens is 1. The van der Waals surface area contributed by atoms with Crippen LogP contribution in [0.4, 0.5) is 0 Å². The lowest BCUT2D eigenvalue weighted by molar-refractivity contribution is 0.112. The second-order valence-corrected chi connectivity index (χ2v) is 2.50. The largest absolute Gasteiger partial charge is 0.374 e. The fourth-order valence-electron chi connectivity index (χ4n) is 0.807. The molecule has 0 aliphatic carbocycles. The Balaban J connectivity index is 3.12. The van der Waals surface area contributed by atoms with Crippen LogP contribution in [0.5, 0.6) is 0 Å². The van der Waals surface area contributed by atoms with Crippen molar-refractivity contribution in [3.8, 4) is 6.07 Å². The maximum atomic E-state index is 11.1. The number of hydrogen-bond donors (Lipinski definition) is 1. The summed E-state index contributed by atoms with van der Waals surface area (Å²) in [6.45, 7) is 1.75. The fourth-order valence-corrected chi connectivity index (χ4v) is 0.807. The highest BCUT2D eigenvalue weighted by molar-refractivity contribution is 5.22. The van der Waals surface area contributed by atoms with Gasteiger partial charge in [-0.1, -0.05) is 0 Å². The number of nitrogens with zero attached hydrogens (tertiary/aromatic N) is 2. The van der Waals surface area contributed by atoms with Gasteiger partial charge in [-0.3, -0.25) is 4.79 Å². The predicted octanol–water partition coefficient (Wildman–Crippen LogP) is 0.349. The van der Waals surface area contributed by atoms with Crippen LogP contribution in [0.1, 0.15) is 24.4 Å². The second kappa shape index (κ2) is 3.83. The van der Waals surface area contributed by atoms with Gasteiger partial charge in [0, 0.05) is 7.11 Å². The zero-order chi connectivity index (χ0) is 9.84. The van der Waals surface area contributed by atoms with Crippen LogP contribution in [0, 0.1) is 11.3 Å². The van der Waals surface area contributed by atoms with Crippen molar-refractivity contribution in [1.29, 1.82) is 5.26 Å². The molecule has 0 bridgehead atoms. The van der Waals surface area contributed by atoms with Crippen LogP contribution in [-0.4, -0.2) is 17.1 Å². The first-order valence-corrected chi connectivity index (χ1v) is 3.71. The molecule has 1 unspecified atom stereocenters. The minimum absolute atomic E-state index is 0.00653. The van der Waals surface area contributed by atoms with Crippen LogP contribution in [0.15, 0.2) is 11.0 Å². The van der Waals surface area contributed by atoms with Gasteiger partial charge >= 0.3 is 0 Å². The molecule has 0 aliphatic heterocycles. The molecule has 0 saturated heterocycles. The van der Waals surface area contributed by atoms with Crippen molar-refractivity contribution in [3.05, 3.63) is 27.9 Å². The van der Waals surface area contributed by atoms with E-state index >= 15 is 0 Å². The second-order valence-electron chi connectivity index (χ2n) is 2.50. The highest BCUT2D eigenvalue weighted by Crippen LogP contribution is 2.07. The van der Waals surface area contributed by atoms with Crippen LogP contribution < -0.4 is 5.56 Å². The summed E-state index contributed by atoms with van der Waals surface area (Å²) in [5.41, 5.74) is -0.427. The van der Waals surface area contributed by atoms with Crippen LogP contribution in [0.25, 0.3) is 0 Å². The lowest BCUT2D eigenvalue weighted by atomic mass is 10.3. The first kappa shape index (κ1) is 9.42. The number of nitriles is 1. The molecule has 5 nitrogen and oxygen atoms in total. The van der Waals surface area contributed by atoms with Crippen molar-refractivity contribution in [2.45, 2.75) is 13.0 Å². The molecule has 1 aromatic rings. The molecule has 1 N–H and O–H groups in total. The van der Waals surface area contributed by atoms with Crippen molar-refractivity contribution in [3.63, 3.8) is 0 Å². The van der Waals surface area contributed by atoms with E-state index in [1.165, 1.54) is 13.3 Å². The number of aromatic nitrogens is 2. The van der Waals surface area contributed by atoms with Gasteiger partial charge in [0.25, 0.3) is 5.56 Å². The Kier molecular flexibility index (Phi) is 2.77. The third-order valence-electron chi connectivity index (χ3n) is 1.68. The normalized spacial score (nSPS) is 12.1. The van der Waals surface area contributed by atoms with Gasteiger partial charge in [0.05, 0.1) is 6.20 Å². The van der Waals surface area contributed by atoms with E-state index in [9.17, 15) is 4.79 Å². The Morgan fingerprint density at radius 2 is 2.46 bits per heavy atom. The number of rotatable bonds is 2.